The van der Waals surface area contributed by atoms with Gasteiger partial charge in [0.1, 0.15) is 0 Å². The van der Waals surface area contributed by atoms with E-state index in [-0.39, 0.29) is 11.4 Å². The van der Waals surface area contributed by atoms with Gasteiger partial charge in [-0.2, -0.15) is 0 Å². The zero-order valence-electron chi connectivity index (χ0n) is 11.3. The van der Waals surface area contributed by atoms with Gasteiger partial charge in [0.2, 0.25) is 5.91 Å². The summed E-state index contributed by atoms with van der Waals surface area (Å²) in [5.41, 5.74) is 9.33. The third-order valence-corrected chi connectivity index (χ3v) is 3.33. The monoisotopic (exact) mass is 246 g/mol. The minimum absolute atomic E-state index is 0.0612. The normalized spacial score (nSPS) is 14.5. The van der Waals surface area contributed by atoms with Crippen molar-refractivity contribution in [2.75, 3.05) is 5.32 Å². The molecular weight excluding hydrogens is 224 g/mol. The van der Waals surface area contributed by atoms with Gasteiger partial charge in [-0.05, 0) is 50.3 Å². The molecule has 3 nitrogen and oxygen atoms in total. The number of aryl methyl sites for hydroxylation is 1. The molecule has 1 aromatic rings. The molecule has 0 spiro atoms. The van der Waals surface area contributed by atoms with E-state index in [0.717, 1.165) is 36.9 Å². The van der Waals surface area contributed by atoms with E-state index in [2.05, 4.69) is 31.3 Å². The van der Waals surface area contributed by atoms with Crippen LogP contribution in [0.25, 0.3) is 0 Å². The Hall–Kier alpha value is -1.35. The molecule has 1 heterocycles. The van der Waals surface area contributed by atoms with Crippen molar-refractivity contribution in [2.45, 2.75) is 51.5 Å². The van der Waals surface area contributed by atoms with Crippen LogP contribution in [0.4, 0.5) is 5.69 Å². The first kappa shape index (κ1) is 13.1. The molecule has 1 amide bonds. The summed E-state index contributed by atoms with van der Waals surface area (Å²) in [5, 5.41) is 2.86. The fraction of sp³-hybridized carbons (Fsp3) is 0.533. The third kappa shape index (κ3) is 3.57. The van der Waals surface area contributed by atoms with Crippen LogP contribution < -0.4 is 11.1 Å². The largest absolute Gasteiger partial charge is 0.326 e. The van der Waals surface area contributed by atoms with Crippen LogP contribution in [0, 0.1) is 0 Å². The quantitative estimate of drug-likeness (QED) is 0.785. The summed E-state index contributed by atoms with van der Waals surface area (Å²) < 4.78 is 0. The molecule has 1 aliphatic heterocycles. The number of unbranched alkanes of at least 4 members (excludes halogenated alkanes) is 1. The third-order valence-electron chi connectivity index (χ3n) is 3.33. The predicted molar refractivity (Wildman–Crippen MR) is 74.6 cm³/mol. The SMILES string of the molecule is CC(C)(N)CCCCc1ccc2c(c1)CC(=O)N2. The summed E-state index contributed by atoms with van der Waals surface area (Å²) in [7, 11) is 0. The van der Waals surface area contributed by atoms with E-state index in [1.165, 1.54) is 5.56 Å². The Morgan fingerprint density at radius 2 is 2.11 bits per heavy atom. The van der Waals surface area contributed by atoms with Crippen LogP contribution in [-0.2, 0) is 17.6 Å². The summed E-state index contributed by atoms with van der Waals surface area (Å²) >= 11 is 0. The van der Waals surface area contributed by atoms with Crippen LogP contribution in [-0.4, -0.2) is 11.4 Å². The van der Waals surface area contributed by atoms with Crippen LogP contribution >= 0.6 is 0 Å². The Balaban J connectivity index is 1.84. The number of amides is 1. The van der Waals surface area contributed by atoms with Gasteiger partial charge in [0, 0.05) is 11.2 Å². The number of rotatable bonds is 5. The molecule has 1 aliphatic rings. The van der Waals surface area contributed by atoms with Gasteiger partial charge in [-0.25, -0.2) is 0 Å². The molecule has 2 rings (SSSR count). The van der Waals surface area contributed by atoms with Gasteiger partial charge in [0.05, 0.1) is 6.42 Å². The predicted octanol–water partition coefficient (Wildman–Crippen LogP) is 2.63. The second-order valence-electron chi connectivity index (χ2n) is 5.91. The minimum Gasteiger partial charge on any atom is -0.326 e. The second-order valence-corrected chi connectivity index (χ2v) is 5.91. The molecule has 0 radical (unpaired) electrons. The molecule has 1 aromatic carbocycles. The number of nitrogens with one attached hydrogen (secondary N) is 1. The van der Waals surface area contributed by atoms with Gasteiger partial charge in [-0.1, -0.05) is 18.6 Å². The van der Waals surface area contributed by atoms with Crippen molar-refractivity contribution in [1.82, 2.24) is 0 Å². The topological polar surface area (TPSA) is 55.1 Å². The highest BCUT2D eigenvalue weighted by molar-refractivity contribution is 5.99. The second kappa shape index (κ2) is 5.11. The van der Waals surface area contributed by atoms with Gasteiger partial charge in [-0.3, -0.25) is 4.79 Å². The van der Waals surface area contributed by atoms with Crippen LogP contribution in [0.5, 0.6) is 0 Å². The molecule has 0 bridgehead atoms. The number of nitrogens with two attached hydrogens (primary N) is 1. The summed E-state index contributed by atoms with van der Waals surface area (Å²) in [6.45, 7) is 4.14. The van der Waals surface area contributed by atoms with Gasteiger partial charge in [-0.15, -0.1) is 0 Å². The Kier molecular flexibility index (Phi) is 3.71. The average Bonchev–Trinajstić information content (AvgIpc) is 2.62. The van der Waals surface area contributed by atoms with Crippen molar-refractivity contribution in [3.8, 4) is 0 Å². The van der Waals surface area contributed by atoms with Crippen molar-refractivity contribution < 1.29 is 4.79 Å². The van der Waals surface area contributed by atoms with E-state index in [4.69, 9.17) is 5.73 Å². The lowest BCUT2D eigenvalue weighted by molar-refractivity contribution is -0.115. The summed E-state index contributed by atoms with van der Waals surface area (Å²) in [4.78, 5) is 11.3. The number of carbonyl (C=O) groups is 1. The minimum atomic E-state index is -0.0612. The highest BCUT2D eigenvalue weighted by Crippen LogP contribution is 2.24. The van der Waals surface area contributed by atoms with Gasteiger partial charge in [0.15, 0.2) is 0 Å². The maximum atomic E-state index is 11.3. The Labute approximate surface area is 109 Å². The zero-order chi connectivity index (χ0) is 13.2. The van der Waals surface area contributed by atoms with Crippen molar-refractivity contribution >= 4 is 11.6 Å². The lowest BCUT2D eigenvalue weighted by Crippen LogP contribution is -2.31. The summed E-state index contributed by atoms with van der Waals surface area (Å²) in [5.74, 6) is 0.104. The molecule has 18 heavy (non-hydrogen) atoms. The zero-order valence-corrected chi connectivity index (χ0v) is 11.3. The molecular formula is C15H22N2O. The van der Waals surface area contributed by atoms with E-state index < -0.39 is 0 Å². The van der Waals surface area contributed by atoms with Crippen LogP contribution in [0.3, 0.4) is 0 Å². The molecule has 3 N–H and O–H groups in total. The van der Waals surface area contributed by atoms with E-state index in [9.17, 15) is 4.79 Å². The molecule has 0 aromatic heterocycles. The fourth-order valence-corrected chi connectivity index (χ4v) is 2.35. The Morgan fingerprint density at radius 3 is 2.83 bits per heavy atom. The number of carbonyl (C=O) groups excluding carboxylic acids is 1. The Bertz CT molecular complexity index is 446. The van der Waals surface area contributed by atoms with Gasteiger partial charge in [0.25, 0.3) is 0 Å². The van der Waals surface area contributed by atoms with Crippen LogP contribution in [0.15, 0.2) is 18.2 Å². The number of anilines is 1. The van der Waals surface area contributed by atoms with Crippen molar-refractivity contribution in [3.05, 3.63) is 29.3 Å². The van der Waals surface area contributed by atoms with E-state index in [1.54, 1.807) is 0 Å². The van der Waals surface area contributed by atoms with Crippen molar-refractivity contribution in [2.24, 2.45) is 5.73 Å². The lowest BCUT2D eigenvalue weighted by atomic mass is 9.96. The number of hydrogen-bond acceptors (Lipinski definition) is 2. The maximum absolute atomic E-state index is 11.3. The van der Waals surface area contributed by atoms with Crippen LogP contribution in [0.2, 0.25) is 0 Å². The first-order valence-electron chi connectivity index (χ1n) is 6.65. The van der Waals surface area contributed by atoms with Gasteiger partial charge >= 0.3 is 0 Å². The molecule has 0 unspecified atom stereocenters. The van der Waals surface area contributed by atoms with Gasteiger partial charge < -0.3 is 11.1 Å². The highest BCUT2D eigenvalue weighted by atomic mass is 16.1. The maximum Gasteiger partial charge on any atom is 0.228 e. The summed E-state index contributed by atoms with van der Waals surface area (Å²) in [6.07, 6.45) is 4.95. The summed E-state index contributed by atoms with van der Waals surface area (Å²) in [6, 6.07) is 6.28. The average molecular weight is 246 g/mol. The Morgan fingerprint density at radius 1 is 1.33 bits per heavy atom. The van der Waals surface area contributed by atoms with Crippen molar-refractivity contribution in [1.29, 1.82) is 0 Å². The number of fused-ring (bicyclic) bond motifs is 1. The molecule has 0 atom stereocenters. The molecule has 98 valence electrons. The van der Waals surface area contributed by atoms with E-state index in [1.807, 2.05) is 6.07 Å². The molecule has 0 aliphatic carbocycles. The molecule has 0 saturated carbocycles. The van der Waals surface area contributed by atoms with E-state index >= 15 is 0 Å². The standard InChI is InChI=1S/C15H22N2O/c1-15(2,16)8-4-3-5-11-6-7-13-12(9-11)10-14(18)17-13/h6-7,9H,3-5,8,10,16H2,1-2H3,(H,17,18). The van der Waals surface area contributed by atoms with Crippen molar-refractivity contribution in [3.63, 3.8) is 0 Å². The molecule has 0 saturated heterocycles. The number of benzene rings is 1. The fourth-order valence-electron chi connectivity index (χ4n) is 2.35. The first-order chi connectivity index (χ1) is 8.44. The lowest BCUT2D eigenvalue weighted by Gasteiger charge is -2.17. The first-order valence-corrected chi connectivity index (χ1v) is 6.65. The number of hydrogen-bond donors (Lipinski definition) is 2. The highest BCUT2D eigenvalue weighted by Gasteiger charge is 2.17. The van der Waals surface area contributed by atoms with E-state index in [0.29, 0.717) is 6.42 Å². The smallest absolute Gasteiger partial charge is 0.228 e. The van der Waals surface area contributed by atoms with Crippen LogP contribution in [0.1, 0.15) is 44.2 Å². The molecule has 0 fully saturated rings. The molecule has 3 heteroatoms.